The predicted octanol–water partition coefficient (Wildman–Crippen LogP) is 3.78. The molecule has 0 aromatic heterocycles. The zero-order valence-corrected chi connectivity index (χ0v) is 17.9. The lowest BCUT2D eigenvalue weighted by molar-refractivity contribution is 0.592. The summed E-state index contributed by atoms with van der Waals surface area (Å²) in [6.07, 6.45) is 4.07. The maximum Gasteiger partial charge on any atom is 0.264 e. The summed E-state index contributed by atoms with van der Waals surface area (Å²) in [4.78, 5) is 0.400. The summed E-state index contributed by atoms with van der Waals surface area (Å²) in [5, 5.41) is 1.54. The van der Waals surface area contributed by atoms with Crippen LogP contribution in [0.15, 0.2) is 35.2 Å². The zero-order valence-electron chi connectivity index (χ0n) is 16.1. The van der Waals surface area contributed by atoms with E-state index in [0.717, 1.165) is 36.9 Å². The fourth-order valence-electron chi connectivity index (χ4n) is 4.41. The summed E-state index contributed by atoms with van der Waals surface area (Å²) in [7, 11) is -4.93. The fraction of sp³-hybridized carbons (Fsp3) is 0.429. The molecule has 2 aliphatic rings. The van der Waals surface area contributed by atoms with E-state index in [4.69, 9.17) is 0 Å². The highest BCUT2D eigenvalue weighted by molar-refractivity contribution is 7.92. The van der Waals surface area contributed by atoms with Crippen LogP contribution in [0.1, 0.15) is 28.7 Å². The first-order valence-corrected chi connectivity index (χ1v) is 14.4. The molecule has 5 heteroatoms. The second-order valence-electron chi connectivity index (χ2n) is 8.63. The van der Waals surface area contributed by atoms with Crippen molar-refractivity contribution in [3.63, 3.8) is 0 Å². The highest BCUT2D eigenvalue weighted by Gasteiger charge is 2.37. The third kappa shape index (κ3) is 2.72. The molecule has 0 N–H and O–H groups in total. The quantitative estimate of drug-likeness (QED) is 0.754. The van der Waals surface area contributed by atoms with Crippen LogP contribution in [0, 0.1) is 6.92 Å². The number of benzene rings is 2. The summed E-state index contributed by atoms with van der Waals surface area (Å²) in [6.45, 7) is 9.72. The smallest absolute Gasteiger partial charge is 0.264 e. The monoisotopic (exact) mass is 385 g/mol. The van der Waals surface area contributed by atoms with E-state index in [1.165, 1.54) is 16.7 Å². The van der Waals surface area contributed by atoms with E-state index in [2.05, 4.69) is 25.7 Å². The van der Waals surface area contributed by atoms with Gasteiger partial charge in [0.25, 0.3) is 10.0 Å². The second kappa shape index (κ2) is 5.96. The molecule has 0 spiro atoms. The molecule has 26 heavy (non-hydrogen) atoms. The third-order valence-corrected chi connectivity index (χ3v) is 9.58. The SMILES string of the molecule is Cc1ccc(S(=O)(=O)N2CCc3cc([Si](C)(C)C)c4c(c32)CCC4)cc1. The Bertz CT molecular complexity index is 973. The van der Waals surface area contributed by atoms with Gasteiger partial charge in [-0.15, -0.1) is 0 Å². The van der Waals surface area contributed by atoms with Crippen molar-refractivity contribution in [1.29, 1.82) is 0 Å². The van der Waals surface area contributed by atoms with Gasteiger partial charge in [-0.2, -0.15) is 0 Å². The highest BCUT2D eigenvalue weighted by Crippen LogP contribution is 2.41. The zero-order chi connectivity index (χ0) is 18.7. The van der Waals surface area contributed by atoms with Crippen LogP contribution in [0.4, 0.5) is 5.69 Å². The maximum absolute atomic E-state index is 13.3. The molecule has 2 aromatic rings. The molecule has 0 unspecified atom stereocenters. The van der Waals surface area contributed by atoms with Crippen molar-refractivity contribution in [1.82, 2.24) is 0 Å². The van der Waals surface area contributed by atoms with Gasteiger partial charge < -0.3 is 0 Å². The molecule has 0 atom stereocenters. The number of sulfonamides is 1. The van der Waals surface area contributed by atoms with E-state index < -0.39 is 18.1 Å². The summed E-state index contributed by atoms with van der Waals surface area (Å²) in [6, 6.07) is 9.57. The van der Waals surface area contributed by atoms with E-state index in [1.807, 2.05) is 19.1 Å². The number of aryl methyl sites for hydroxylation is 1. The number of hydrogen-bond donors (Lipinski definition) is 0. The van der Waals surface area contributed by atoms with Crippen LogP contribution in [0.25, 0.3) is 0 Å². The van der Waals surface area contributed by atoms with E-state index in [9.17, 15) is 8.42 Å². The molecule has 0 radical (unpaired) electrons. The number of nitrogens with zero attached hydrogens (tertiary/aromatic N) is 1. The maximum atomic E-state index is 13.3. The van der Waals surface area contributed by atoms with Crippen molar-refractivity contribution in [2.24, 2.45) is 0 Å². The van der Waals surface area contributed by atoms with Crippen LogP contribution in [-0.2, 0) is 29.3 Å². The molecule has 0 bridgehead atoms. The van der Waals surface area contributed by atoms with Crippen LogP contribution in [0.2, 0.25) is 19.6 Å². The van der Waals surface area contributed by atoms with Gasteiger partial charge >= 0.3 is 0 Å². The van der Waals surface area contributed by atoms with Crippen LogP contribution in [0.5, 0.6) is 0 Å². The minimum Gasteiger partial charge on any atom is -0.265 e. The van der Waals surface area contributed by atoms with Crippen molar-refractivity contribution >= 4 is 29.0 Å². The largest absolute Gasteiger partial charge is 0.265 e. The first-order chi connectivity index (χ1) is 12.2. The van der Waals surface area contributed by atoms with E-state index in [1.54, 1.807) is 21.6 Å². The van der Waals surface area contributed by atoms with Gasteiger partial charge in [0.2, 0.25) is 0 Å². The molecule has 3 nitrogen and oxygen atoms in total. The molecule has 138 valence electrons. The average Bonchev–Trinajstić information content (AvgIpc) is 3.20. The molecule has 0 fully saturated rings. The van der Waals surface area contributed by atoms with Crippen molar-refractivity contribution in [3.05, 3.63) is 52.6 Å². The molecule has 2 aromatic carbocycles. The van der Waals surface area contributed by atoms with E-state index in [-0.39, 0.29) is 0 Å². The Morgan fingerprint density at radius 2 is 1.62 bits per heavy atom. The standard InChI is InChI=1S/C21H27NO2SSi/c1-15-8-10-17(11-9-15)25(23,24)22-13-12-16-14-20(26(2,3)4)18-6-5-7-19(18)21(16)22/h8-11,14H,5-7,12-13H2,1-4H3. The molecule has 1 heterocycles. The molecule has 1 aliphatic heterocycles. The van der Waals surface area contributed by atoms with E-state index in [0.29, 0.717) is 11.4 Å². The number of rotatable bonds is 3. The van der Waals surface area contributed by atoms with Gasteiger partial charge in [0.1, 0.15) is 0 Å². The van der Waals surface area contributed by atoms with Crippen LogP contribution < -0.4 is 9.49 Å². The Labute approximate surface area is 158 Å². The lowest BCUT2D eigenvalue weighted by Gasteiger charge is -2.26. The average molecular weight is 386 g/mol. The summed E-state index contributed by atoms with van der Waals surface area (Å²) < 4.78 is 28.3. The lowest BCUT2D eigenvalue weighted by atomic mass is 10.0. The molecule has 1 aliphatic carbocycles. The molecular formula is C21H27NO2SSi. The Morgan fingerprint density at radius 1 is 0.962 bits per heavy atom. The first kappa shape index (κ1) is 17.8. The normalized spacial score (nSPS) is 16.7. The van der Waals surface area contributed by atoms with Gasteiger partial charge in [0.15, 0.2) is 0 Å². The fourth-order valence-corrected chi connectivity index (χ4v) is 7.73. The Hall–Kier alpha value is -1.59. The summed E-state index contributed by atoms with van der Waals surface area (Å²) >= 11 is 0. The van der Waals surface area contributed by atoms with Gasteiger partial charge in [0, 0.05) is 6.54 Å². The number of hydrogen-bond acceptors (Lipinski definition) is 2. The first-order valence-electron chi connectivity index (χ1n) is 9.47. The van der Waals surface area contributed by atoms with Crippen LogP contribution in [-0.4, -0.2) is 23.0 Å². The highest BCUT2D eigenvalue weighted by atomic mass is 32.2. The van der Waals surface area contributed by atoms with Crippen molar-refractivity contribution in [2.75, 3.05) is 10.8 Å². The minimum atomic E-state index is -3.49. The van der Waals surface area contributed by atoms with Crippen LogP contribution in [0.3, 0.4) is 0 Å². The molecule has 0 saturated carbocycles. The summed E-state index contributed by atoms with van der Waals surface area (Å²) in [5.41, 5.74) is 6.08. The van der Waals surface area contributed by atoms with Gasteiger partial charge in [-0.25, -0.2) is 8.42 Å². The third-order valence-electron chi connectivity index (χ3n) is 5.70. The van der Waals surface area contributed by atoms with Gasteiger partial charge in [-0.1, -0.05) is 48.6 Å². The predicted molar refractivity (Wildman–Crippen MR) is 111 cm³/mol. The second-order valence-corrected chi connectivity index (χ2v) is 15.5. The Kier molecular flexibility index (Phi) is 4.08. The van der Waals surface area contributed by atoms with Gasteiger partial charge in [-0.3, -0.25) is 4.31 Å². The molecule has 0 saturated heterocycles. The Morgan fingerprint density at radius 3 is 2.27 bits per heavy atom. The van der Waals surface area contributed by atoms with Gasteiger partial charge in [-0.05, 0) is 61.4 Å². The number of anilines is 1. The van der Waals surface area contributed by atoms with E-state index >= 15 is 0 Å². The molecular weight excluding hydrogens is 358 g/mol. The van der Waals surface area contributed by atoms with Crippen molar-refractivity contribution < 1.29 is 8.42 Å². The van der Waals surface area contributed by atoms with Crippen LogP contribution >= 0.6 is 0 Å². The van der Waals surface area contributed by atoms with Gasteiger partial charge in [0.05, 0.1) is 18.7 Å². The molecule has 4 rings (SSSR count). The Balaban J connectivity index is 1.86. The summed E-state index contributed by atoms with van der Waals surface area (Å²) in [5.74, 6) is 0. The van der Waals surface area contributed by atoms with Crippen molar-refractivity contribution in [3.8, 4) is 0 Å². The minimum absolute atomic E-state index is 0.400. The lowest BCUT2D eigenvalue weighted by Crippen LogP contribution is -2.40. The molecule has 0 amide bonds. The number of fused-ring (bicyclic) bond motifs is 3. The van der Waals surface area contributed by atoms with Crippen molar-refractivity contribution in [2.45, 2.75) is 57.1 Å². The topological polar surface area (TPSA) is 37.4 Å².